The van der Waals surface area contributed by atoms with E-state index in [-0.39, 0.29) is 6.10 Å². The van der Waals surface area contributed by atoms with Gasteiger partial charge in [-0.05, 0) is 5.56 Å². The molecule has 1 aliphatic rings. The van der Waals surface area contributed by atoms with Crippen LogP contribution in [0.4, 0.5) is 0 Å². The summed E-state index contributed by atoms with van der Waals surface area (Å²) in [6.45, 7) is 0.691. The Labute approximate surface area is 65.4 Å². The second-order valence-corrected chi connectivity index (χ2v) is 2.73. The largest absolute Gasteiger partial charge is 0.386 e. The van der Waals surface area contributed by atoms with Crippen LogP contribution in [0.3, 0.4) is 0 Å². The van der Waals surface area contributed by atoms with Gasteiger partial charge < -0.3 is 9.84 Å². The first-order valence-electron chi connectivity index (χ1n) is 3.72. The molecule has 1 aromatic rings. The summed E-state index contributed by atoms with van der Waals surface area (Å²) in [5.41, 5.74) is 0.940. The minimum atomic E-state index is -0.434. The zero-order valence-corrected chi connectivity index (χ0v) is 6.10. The molecule has 1 fully saturated rings. The molecule has 2 heteroatoms. The fourth-order valence-corrected chi connectivity index (χ4v) is 1.10. The van der Waals surface area contributed by atoms with Crippen molar-refractivity contribution in [3.63, 3.8) is 0 Å². The van der Waals surface area contributed by atoms with E-state index in [0.29, 0.717) is 6.61 Å². The van der Waals surface area contributed by atoms with Crippen LogP contribution in [0.5, 0.6) is 0 Å². The van der Waals surface area contributed by atoms with Gasteiger partial charge >= 0.3 is 0 Å². The number of aliphatic hydroxyl groups excluding tert-OH is 1. The molecule has 0 bridgehead atoms. The van der Waals surface area contributed by atoms with E-state index in [0.717, 1.165) is 5.56 Å². The van der Waals surface area contributed by atoms with Gasteiger partial charge in [0, 0.05) is 0 Å². The lowest BCUT2D eigenvalue weighted by molar-refractivity contribution is 0.137. The quantitative estimate of drug-likeness (QED) is 0.641. The fourth-order valence-electron chi connectivity index (χ4n) is 1.10. The van der Waals surface area contributed by atoms with Gasteiger partial charge in [-0.3, -0.25) is 0 Å². The van der Waals surface area contributed by atoms with E-state index in [4.69, 9.17) is 4.74 Å². The third kappa shape index (κ3) is 1.42. The predicted octanol–water partition coefficient (Wildman–Crippen LogP) is 1.12. The summed E-state index contributed by atoms with van der Waals surface area (Å²) < 4.78 is 4.97. The molecule has 0 amide bonds. The van der Waals surface area contributed by atoms with Crippen LogP contribution in [0, 0.1) is 0 Å². The van der Waals surface area contributed by atoms with Crippen molar-refractivity contribution in [1.82, 2.24) is 0 Å². The molecule has 0 aliphatic carbocycles. The maximum absolute atomic E-state index is 9.54. The van der Waals surface area contributed by atoms with Gasteiger partial charge in [0.1, 0.15) is 12.2 Å². The van der Waals surface area contributed by atoms with Gasteiger partial charge in [0.15, 0.2) is 0 Å². The maximum atomic E-state index is 9.54. The van der Waals surface area contributed by atoms with E-state index >= 15 is 0 Å². The molecule has 1 heterocycles. The molecular weight excluding hydrogens is 140 g/mol. The molecule has 0 radical (unpaired) electrons. The summed E-state index contributed by atoms with van der Waals surface area (Å²) in [5.74, 6) is 0. The van der Waals surface area contributed by atoms with Crippen molar-refractivity contribution in [3.05, 3.63) is 35.9 Å². The first kappa shape index (κ1) is 6.83. The van der Waals surface area contributed by atoms with Crippen LogP contribution in [0.25, 0.3) is 0 Å². The summed E-state index contributed by atoms with van der Waals surface area (Å²) in [6.07, 6.45) is -0.395. The van der Waals surface area contributed by atoms with Crippen LogP contribution in [0.2, 0.25) is 0 Å². The molecule has 1 saturated heterocycles. The monoisotopic (exact) mass is 150 g/mol. The van der Waals surface area contributed by atoms with Crippen LogP contribution in [0.15, 0.2) is 30.3 Å². The van der Waals surface area contributed by atoms with Crippen molar-refractivity contribution < 1.29 is 9.84 Å². The lowest BCUT2D eigenvalue weighted by atomic mass is 10.1. The van der Waals surface area contributed by atoms with Gasteiger partial charge in [-0.1, -0.05) is 30.3 Å². The fraction of sp³-hybridized carbons (Fsp3) is 0.333. The lowest BCUT2D eigenvalue weighted by Gasteiger charge is -2.05. The number of benzene rings is 1. The SMILES string of the molecule is OC(c1ccccc1)[C@H]1CO1. The average Bonchev–Trinajstić information content (AvgIpc) is 2.87. The number of rotatable bonds is 2. The van der Waals surface area contributed by atoms with Gasteiger partial charge in [0.25, 0.3) is 0 Å². The standard InChI is InChI=1S/C9H10O2/c10-9(8-6-11-8)7-4-2-1-3-5-7/h1-5,8-10H,6H2/t8-,9?/m1/s1. The molecule has 1 aromatic carbocycles. The molecule has 0 saturated carbocycles. The van der Waals surface area contributed by atoms with E-state index in [1.54, 1.807) is 0 Å². The zero-order chi connectivity index (χ0) is 7.68. The van der Waals surface area contributed by atoms with Crippen molar-refractivity contribution in [2.45, 2.75) is 12.2 Å². The van der Waals surface area contributed by atoms with Gasteiger partial charge in [0.2, 0.25) is 0 Å². The molecule has 0 aromatic heterocycles. The van der Waals surface area contributed by atoms with Gasteiger partial charge in [0.05, 0.1) is 6.61 Å². The number of hydrogen-bond donors (Lipinski definition) is 1. The Morgan fingerprint density at radius 2 is 2.00 bits per heavy atom. The second-order valence-electron chi connectivity index (χ2n) is 2.73. The highest BCUT2D eigenvalue weighted by Crippen LogP contribution is 2.26. The molecule has 1 unspecified atom stereocenters. The Morgan fingerprint density at radius 3 is 2.55 bits per heavy atom. The molecular formula is C9H10O2. The van der Waals surface area contributed by atoms with Crippen molar-refractivity contribution in [2.24, 2.45) is 0 Å². The maximum Gasteiger partial charge on any atom is 0.111 e. The van der Waals surface area contributed by atoms with Crippen LogP contribution >= 0.6 is 0 Å². The van der Waals surface area contributed by atoms with Crippen LogP contribution in [-0.4, -0.2) is 17.8 Å². The third-order valence-corrected chi connectivity index (χ3v) is 1.85. The highest BCUT2D eigenvalue weighted by atomic mass is 16.6. The van der Waals surface area contributed by atoms with Crippen molar-refractivity contribution in [2.75, 3.05) is 6.61 Å². The van der Waals surface area contributed by atoms with Crippen LogP contribution < -0.4 is 0 Å². The smallest absolute Gasteiger partial charge is 0.111 e. The van der Waals surface area contributed by atoms with E-state index in [1.165, 1.54) is 0 Å². The molecule has 58 valence electrons. The van der Waals surface area contributed by atoms with E-state index in [9.17, 15) is 5.11 Å². The number of ether oxygens (including phenoxy) is 1. The van der Waals surface area contributed by atoms with E-state index < -0.39 is 6.10 Å². The van der Waals surface area contributed by atoms with Crippen molar-refractivity contribution >= 4 is 0 Å². The first-order chi connectivity index (χ1) is 5.38. The van der Waals surface area contributed by atoms with Crippen LogP contribution in [0.1, 0.15) is 11.7 Å². The molecule has 1 aliphatic heterocycles. The minimum absolute atomic E-state index is 0.0393. The normalized spacial score (nSPS) is 24.6. The van der Waals surface area contributed by atoms with Gasteiger partial charge in [-0.15, -0.1) is 0 Å². The summed E-state index contributed by atoms with van der Waals surface area (Å²) in [5, 5.41) is 9.54. The molecule has 0 spiro atoms. The van der Waals surface area contributed by atoms with Crippen LogP contribution in [-0.2, 0) is 4.74 Å². The molecule has 11 heavy (non-hydrogen) atoms. The third-order valence-electron chi connectivity index (χ3n) is 1.85. The summed E-state index contributed by atoms with van der Waals surface area (Å²) in [4.78, 5) is 0. The Hall–Kier alpha value is -0.860. The Balaban J connectivity index is 2.15. The van der Waals surface area contributed by atoms with E-state index in [2.05, 4.69) is 0 Å². The molecule has 2 nitrogen and oxygen atoms in total. The summed E-state index contributed by atoms with van der Waals surface area (Å²) in [7, 11) is 0. The predicted molar refractivity (Wildman–Crippen MR) is 41.1 cm³/mol. The first-order valence-corrected chi connectivity index (χ1v) is 3.72. The van der Waals surface area contributed by atoms with Gasteiger partial charge in [-0.2, -0.15) is 0 Å². The molecule has 2 rings (SSSR count). The zero-order valence-electron chi connectivity index (χ0n) is 6.10. The Bertz CT molecular complexity index is 229. The van der Waals surface area contributed by atoms with Crippen molar-refractivity contribution in [3.8, 4) is 0 Å². The van der Waals surface area contributed by atoms with Crippen molar-refractivity contribution in [1.29, 1.82) is 0 Å². The minimum Gasteiger partial charge on any atom is -0.386 e. The topological polar surface area (TPSA) is 32.8 Å². The molecule has 1 N–H and O–H groups in total. The van der Waals surface area contributed by atoms with E-state index in [1.807, 2.05) is 30.3 Å². The number of aliphatic hydroxyl groups is 1. The Morgan fingerprint density at radius 1 is 1.36 bits per heavy atom. The second kappa shape index (κ2) is 2.64. The lowest BCUT2D eigenvalue weighted by Crippen LogP contribution is -2.03. The summed E-state index contributed by atoms with van der Waals surface area (Å²) in [6, 6.07) is 9.59. The highest BCUT2D eigenvalue weighted by molar-refractivity contribution is 5.19. The Kier molecular flexibility index (Phi) is 1.64. The summed E-state index contributed by atoms with van der Waals surface area (Å²) >= 11 is 0. The number of hydrogen-bond acceptors (Lipinski definition) is 2. The number of epoxide rings is 1. The highest BCUT2D eigenvalue weighted by Gasteiger charge is 2.31. The molecule has 2 atom stereocenters. The average molecular weight is 150 g/mol. The van der Waals surface area contributed by atoms with Gasteiger partial charge in [-0.25, -0.2) is 0 Å².